The Bertz CT molecular complexity index is 828. The van der Waals surface area contributed by atoms with Gasteiger partial charge in [-0.25, -0.2) is 0 Å². The fraction of sp³-hybridized carbons (Fsp3) is 0.0833. The summed E-state index contributed by atoms with van der Waals surface area (Å²) >= 11 is 0.824. The highest BCUT2D eigenvalue weighted by molar-refractivity contribution is 7.88. The molecule has 0 fully saturated rings. The Morgan fingerprint density at radius 2 is 2.05 bits per heavy atom. The van der Waals surface area contributed by atoms with Gasteiger partial charge >= 0.3 is 10.1 Å². The largest absolute Gasteiger partial charge is 0.347 e. The summed E-state index contributed by atoms with van der Waals surface area (Å²) in [5.41, 5.74) is -0.0711. The van der Waals surface area contributed by atoms with Crippen LogP contribution in [-0.2, 0) is 16.7 Å². The molecule has 2 aromatic rings. The smallest absolute Gasteiger partial charge is 0.304 e. The minimum absolute atomic E-state index is 0.0434. The van der Waals surface area contributed by atoms with Crippen molar-refractivity contribution in [2.24, 2.45) is 0 Å². The van der Waals surface area contributed by atoms with E-state index in [0.29, 0.717) is 4.88 Å². The van der Waals surface area contributed by atoms with Crippen LogP contribution < -0.4 is 5.32 Å². The average molecular weight is 342 g/mol. The highest BCUT2D eigenvalue weighted by Gasteiger charge is 2.14. The molecular formula is C12H10N2O6S2. The van der Waals surface area contributed by atoms with Gasteiger partial charge in [-0.2, -0.15) is 8.42 Å². The summed E-state index contributed by atoms with van der Waals surface area (Å²) in [6.07, 6.45) is 0. The predicted octanol–water partition coefficient (Wildman–Crippen LogP) is 1.83. The molecule has 0 bridgehead atoms. The summed E-state index contributed by atoms with van der Waals surface area (Å²) in [6, 6.07) is 7.94. The van der Waals surface area contributed by atoms with E-state index < -0.39 is 20.9 Å². The average Bonchev–Trinajstić information content (AvgIpc) is 2.94. The molecular weight excluding hydrogens is 332 g/mol. The molecule has 0 aliphatic carbocycles. The third-order valence-electron chi connectivity index (χ3n) is 2.63. The Kier molecular flexibility index (Phi) is 4.54. The molecule has 22 heavy (non-hydrogen) atoms. The quantitative estimate of drug-likeness (QED) is 0.485. The van der Waals surface area contributed by atoms with Gasteiger partial charge in [-0.05, 0) is 18.2 Å². The standard InChI is InChI=1S/C12H10N2O6S2/c15-12(8-2-1-3-9(6-8)14(16)17)13-7-10-4-5-11(21-10)22(18,19)20/h1-6H,7H2,(H,13,15)(H,18,19,20). The molecule has 0 radical (unpaired) electrons. The molecule has 10 heteroatoms. The van der Waals surface area contributed by atoms with Crippen molar-refractivity contribution in [1.82, 2.24) is 5.32 Å². The minimum atomic E-state index is -4.26. The number of benzene rings is 1. The topological polar surface area (TPSA) is 127 Å². The van der Waals surface area contributed by atoms with E-state index in [2.05, 4.69) is 5.32 Å². The fourth-order valence-electron chi connectivity index (χ4n) is 1.62. The summed E-state index contributed by atoms with van der Waals surface area (Å²) < 4.78 is 30.5. The summed E-state index contributed by atoms with van der Waals surface area (Å²) in [5.74, 6) is -0.523. The van der Waals surface area contributed by atoms with Crippen LogP contribution in [0.15, 0.2) is 40.6 Å². The number of carbonyl (C=O) groups excluding carboxylic acids is 1. The van der Waals surface area contributed by atoms with E-state index in [0.717, 1.165) is 17.4 Å². The lowest BCUT2D eigenvalue weighted by molar-refractivity contribution is -0.384. The van der Waals surface area contributed by atoms with Crippen molar-refractivity contribution in [3.05, 3.63) is 57.0 Å². The van der Waals surface area contributed by atoms with Crippen molar-refractivity contribution in [2.75, 3.05) is 0 Å². The molecule has 0 saturated heterocycles. The second-order valence-corrected chi connectivity index (χ2v) is 7.00. The van der Waals surface area contributed by atoms with Crippen LogP contribution in [0.5, 0.6) is 0 Å². The van der Waals surface area contributed by atoms with E-state index in [9.17, 15) is 23.3 Å². The van der Waals surface area contributed by atoms with E-state index in [1.165, 1.54) is 30.3 Å². The molecule has 1 amide bonds. The Morgan fingerprint density at radius 3 is 2.64 bits per heavy atom. The number of nitrogens with zero attached hydrogens (tertiary/aromatic N) is 1. The maximum atomic E-state index is 11.9. The highest BCUT2D eigenvalue weighted by Crippen LogP contribution is 2.21. The first-order valence-electron chi connectivity index (χ1n) is 5.86. The molecule has 1 aromatic carbocycles. The number of carbonyl (C=O) groups is 1. The first-order valence-corrected chi connectivity index (χ1v) is 8.12. The molecule has 0 aliphatic heterocycles. The zero-order chi connectivity index (χ0) is 16.3. The van der Waals surface area contributed by atoms with Crippen LogP contribution >= 0.6 is 11.3 Å². The Labute approximate surface area is 129 Å². The number of nitro benzene ring substituents is 1. The lowest BCUT2D eigenvalue weighted by Crippen LogP contribution is -2.22. The number of hydrogen-bond donors (Lipinski definition) is 2. The summed E-state index contributed by atoms with van der Waals surface area (Å²) in [5, 5.41) is 13.2. The van der Waals surface area contributed by atoms with E-state index in [4.69, 9.17) is 4.55 Å². The van der Waals surface area contributed by atoms with E-state index >= 15 is 0 Å². The van der Waals surface area contributed by atoms with Crippen LogP contribution in [0.3, 0.4) is 0 Å². The van der Waals surface area contributed by atoms with Gasteiger partial charge in [0, 0.05) is 22.6 Å². The summed E-state index contributed by atoms with van der Waals surface area (Å²) in [4.78, 5) is 22.5. The van der Waals surface area contributed by atoms with Crippen LogP contribution in [0.1, 0.15) is 15.2 Å². The lowest BCUT2D eigenvalue weighted by Gasteiger charge is -2.03. The predicted molar refractivity (Wildman–Crippen MR) is 78.4 cm³/mol. The van der Waals surface area contributed by atoms with Crippen LogP contribution in [0.2, 0.25) is 0 Å². The molecule has 2 N–H and O–H groups in total. The third-order valence-corrected chi connectivity index (χ3v) is 5.04. The Hall–Kier alpha value is -2.30. The molecule has 1 heterocycles. The van der Waals surface area contributed by atoms with Gasteiger partial charge < -0.3 is 5.32 Å². The number of rotatable bonds is 5. The summed E-state index contributed by atoms with van der Waals surface area (Å²) in [6.45, 7) is 0.0434. The zero-order valence-electron chi connectivity index (χ0n) is 10.9. The second-order valence-electron chi connectivity index (χ2n) is 4.19. The molecule has 1 aromatic heterocycles. The van der Waals surface area contributed by atoms with E-state index in [1.807, 2.05) is 0 Å². The summed E-state index contributed by atoms with van der Waals surface area (Å²) in [7, 11) is -4.26. The molecule has 8 nitrogen and oxygen atoms in total. The Balaban J connectivity index is 2.05. The normalized spacial score (nSPS) is 11.1. The van der Waals surface area contributed by atoms with Crippen molar-refractivity contribution in [2.45, 2.75) is 10.8 Å². The monoisotopic (exact) mass is 342 g/mol. The molecule has 0 saturated carbocycles. The molecule has 0 unspecified atom stereocenters. The first-order chi connectivity index (χ1) is 10.3. The van der Waals surface area contributed by atoms with Gasteiger partial charge in [0.15, 0.2) is 0 Å². The van der Waals surface area contributed by atoms with Gasteiger partial charge in [0.25, 0.3) is 11.6 Å². The zero-order valence-corrected chi connectivity index (χ0v) is 12.6. The fourth-order valence-corrected chi connectivity index (χ4v) is 3.28. The minimum Gasteiger partial charge on any atom is -0.347 e. The molecule has 2 rings (SSSR count). The molecule has 0 atom stereocenters. The van der Waals surface area contributed by atoms with Gasteiger partial charge in [0.05, 0.1) is 11.5 Å². The SMILES string of the molecule is O=C(NCc1ccc(S(=O)(=O)O)s1)c1cccc([N+](=O)[O-])c1. The first kappa shape index (κ1) is 16.1. The molecule has 116 valence electrons. The number of amides is 1. The highest BCUT2D eigenvalue weighted by atomic mass is 32.3. The number of nitrogens with one attached hydrogen (secondary N) is 1. The number of non-ortho nitro benzene ring substituents is 1. The van der Waals surface area contributed by atoms with Crippen molar-refractivity contribution in [1.29, 1.82) is 0 Å². The maximum absolute atomic E-state index is 11.9. The van der Waals surface area contributed by atoms with Crippen molar-refractivity contribution in [3.8, 4) is 0 Å². The molecule has 0 aliphatic rings. The van der Waals surface area contributed by atoms with E-state index in [1.54, 1.807) is 0 Å². The van der Waals surface area contributed by atoms with Crippen LogP contribution in [0.4, 0.5) is 5.69 Å². The van der Waals surface area contributed by atoms with Crippen LogP contribution in [-0.4, -0.2) is 23.8 Å². The van der Waals surface area contributed by atoms with Crippen molar-refractivity contribution in [3.63, 3.8) is 0 Å². The second kappa shape index (κ2) is 6.22. The van der Waals surface area contributed by atoms with Crippen LogP contribution in [0.25, 0.3) is 0 Å². The van der Waals surface area contributed by atoms with Gasteiger partial charge in [0.1, 0.15) is 4.21 Å². The van der Waals surface area contributed by atoms with Gasteiger partial charge in [-0.15, -0.1) is 11.3 Å². The van der Waals surface area contributed by atoms with Crippen molar-refractivity contribution >= 4 is 33.0 Å². The van der Waals surface area contributed by atoms with Gasteiger partial charge in [-0.3, -0.25) is 19.5 Å². The Morgan fingerprint density at radius 1 is 1.32 bits per heavy atom. The maximum Gasteiger partial charge on any atom is 0.304 e. The van der Waals surface area contributed by atoms with Gasteiger partial charge in [-0.1, -0.05) is 6.07 Å². The van der Waals surface area contributed by atoms with Crippen LogP contribution in [0, 0.1) is 10.1 Å². The van der Waals surface area contributed by atoms with Gasteiger partial charge in [0.2, 0.25) is 0 Å². The third kappa shape index (κ3) is 3.87. The number of hydrogen-bond acceptors (Lipinski definition) is 6. The number of nitro groups is 1. The van der Waals surface area contributed by atoms with Crippen molar-refractivity contribution < 1.29 is 22.7 Å². The van der Waals surface area contributed by atoms with E-state index in [-0.39, 0.29) is 22.0 Å². The molecule has 0 spiro atoms. The number of thiophene rings is 1. The lowest BCUT2D eigenvalue weighted by atomic mass is 10.2.